The first-order chi connectivity index (χ1) is 10.4. The van der Waals surface area contributed by atoms with Gasteiger partial charge in [0.15, 0.2) is 0 Å². The maximum Gasteiger partial charge on any atom is 0.224 e. The van der Waals surface area contributed by atoms with E-state index >= 15 is 0 Å². The molecule has 0 aliphatic heterocycles. The number of amides is 1. The number of rotatable bonds is 5. The van der Waals surface area contributed by atoms with Gasteiger partial charge < -0.3 is 5.32 Å². The van der Waals surface area contributed by atoms with Gasteiger partial charge in [-0.2, -0.15) is 0 Å². The van der Waals surface area contributed by atoms with Gasteiger partial charge in [-0.25, -0.2) is 0 Å². The van der Waals surface area contributed by atoms with E-state index in [4.69, 9.17) is 0 Å². The summed E-state index contributed by atoms with van der Waals surface area (Å²) >= 11 is 0. The normalized spacial score (nSPS) is 11.3. The highest BCUT2D eigenvalue weighted by molar-refractivity contribution is 5.79. The first-order valence-corrected chi connectivity index (χ1v) is 7.77. The lowest BCUT2D eigenvalue weighted by molar-refractivity contribution is -0.122. The van der Waals surface area contributed by atoms with Crippen molar-refractivity contribution in [2.75, 3.05) is 0 Å². The highest BCUT2D eigenvalue weighted by atomic mass is 16.1. The Morgan fingerprint density at radius 1 is 1.05 bits per heavy atom. The second kappa shape index (κ2) is 6.78. The summed E-state index contributed by atoms with van der Waals surface area (Å²) in [4.78, 5) is 12.3. The Labute approximate surface area is 133 Å². The SMILES string of the molecule is Cc1ccc(CC(=O)NC(C)(C)Cc2ccccc2)c(C)c1. The molecule has 2 nitrogen and oxygen atoms in total. The quantitative estimate of drug-likeness (QED) is 0.888. The third-order valence-electron chi connectivity index (χ3n) is 3.82. The lowest BCUT2D eigenvalue weighted by Crippen LogP contribution is -2.45. The van der Waals surface area contributed by atoms with Crippen molar-refractivity contribution in [3.63, 3.8) is 0 Å². The molecule has 2 heteroatoms. The van der Waals surface area contributed by atoms with Gasteiger partial charge in [-0.1, -0.05) is 54.1 Å². The van der Waals surface area contributed by atoms with E-state index in [2.05, 4.69) is 63.3 Å². The van der Waals surface area contributed by atoms with E-state index in [1.807, 2.05) is 18.2 Å². The molecular formula is C20H25NO. The van der Waals surface area contributed by atoms with Crippen LogP contribution in [-0.4, -0.2) is 11.4 Å². The molecule has 2 aromatic carbocycles. The van der Waals surface area contributed by atoms with Crippen LogP contribution in [0.15, 0.2) is 48.5 Å². The summed E-state index contributed by atoms with van der Waals surface area (Å²) in [6.07, 6.45) is 1.26. The molecule has 0 aliphatic rings. The van der Waals surface area contributed by atoms with Crippen LogP contribution in [0.1, 0.15) is 36.1 Å². The van der Waals surface area contributed by atoms with Gasteiger partial charge in [-0.05, 0) is 50.8 Å². The fourth-order valence-electron chi connectivity index (χ4n) is 2.79. The summed E-state index contributed by atoms with van der Waals surface area (Å²) in [5.74, 6) is 0.0767. The van der Waals surface area contributed by atoms with E-state index in [0.29, 0.717) is 6.42 Å². The number of aryl methyl sites for hydroxylation is 2. The minimum Gasteiger partial charge on any atom is -0.351 e. The third kappa shape index (κ3) is 4.73. The molecule has 0 saturated heterocycles. The molecule has 0 radical (unpaired) electrons. The smallest absolute Gasteiger partial charge is 0.224 e. The van der Waals surface area contributed by atoms with Crippen molar-refractivity contribution < 1.29 is 4.79 Å². The third-order valence-corrected chi connectivity index (χ3v) is 3.82. The van der Waals surface area contributed by atoms with Gasteiger partial charge in [0.05, 0.1) is 6.42 Å². The van der Waals surface area contributed by atoms with Gasteiger partial charge in [0.2, 0.25) is 5.91 Å². The Balaban J connectivity index is 1.98. The van der Waals surface area contributed by atoms with E-state index in [1.54, 1.807) is 0 Å². The molecule has 0 heterocycles. The fraction of sp³-hybridized carbons (Fsp3) is 0.350. The molecule has 2 aromatic rings. The molecule has 0 aliphatic carbocycles. The Morgan fingerprint density at radius 3 is 2.36 bits per heavy atom. The summed E-state index contributed by atoms with van der Waals surface area (Å²) < 4.78 is 0. The minimum atomic E-state index is -0.253. The first-order valence-electron chi connectivity index (χ1n) is 7.77. The molecule has 0 bridgehead atoms. The molecule has 0 spiro atoms. The van der Waals surface area contributed by atoms with Gasteiger partial charge in [0.1, 0.15) is 0 Å². The van der Waals surface area contributed by atoms with Crippen LogP contribution in [0.2, 0.25) is 0 Å². The molecule has 1 N–H and O–H groups in total. The van der Waals surface area contributed by atoms with Crippen LogP contribution in [0.3, 0.4) is 0 Å². The summed E-state index contributed by atoms with van der Waals surface area (Å²) in [7, 11) is 0. The van der Waals surface area contributed by atoms with Crippen molar-refractivity contribution in [1.29, 1.82) is 0 Å². The van der Waals surface area contributed by atoms with Gasteiger partial charge in [-0.3, -0.25) is 4.79 Å². The predicted molar refractivity (Wildman–Crippen MR) is 92.0 cm³/mol. The zero-order valence-corrected chi connectivity index (χ0v) is 13.9. The van der Waals surface area contributed by atoms with E-state index in [9.17, 15) is 4.79 Å². The lowest BCUT2D eigenvalue weighted by atomic mass is 9.94. The van der Waals surface area contributed by atoms with Crippen molar-refractivity contribution in [2.45, 2.75) is 46.1 Å². The zero-order chi connectivity index (χ0) is 16.2. The van der Waals surface area contributed by atoms with E-state index < -0.39 is 0 Å². The van der Waals surface area contributed by atoms with Crippen LogP contribution in [0.25, 0.3) is 0 Å². The molecule has 0 fully saturated rings. The Morgan fingerprint density at radius 2 is 1.73 bits per heavy atom. The van der Waals surface area contributed by atoms with E-state index in [0.717, 1.165) is 12.0 Å². The van der Waals surface area contributed by atoms with Crippen molar-refractivity contribution in [2.24, 2.45) is 0 Å². The van der Waals surface area contributed by atoms with Crippen LogP contribution in [0, 0.1) is 13.8 Å². The molecule has 0 atom stereocenters. The lowest BCUT2D eigenvalue weighted by Gasteiger charge is -2.26. The number of carbonyl (C=O) groups is 1. The van der Waals surface area contributed by atoms with Gasteiger partial charge in [-0.15, -0.1) is 0 Å². The van der Waals surface area contributed by atoms with Crippen LogP contribution in [0.5, 0.6) is 0 Å². The summed E-state index contributed by atoms with van der Waals surface area (Å²) in [6, 6.07) is 16.5. The topological polar surface area (TPSA) is 29.1 Å². The van der Waals surface area contributed by atoms with Crippen LogP contribution >= 0.6 is 0 Å². The molecular weight excluding hydrogens is 270 g/mol. The standard InChI is InChI=1S/C20H25NO/c1-15-10-11-18(16(2)12-15)13-19(22)21-20(3,4)14-17-8-6-5-7-9-17/h5-12H,13-14H2,1-4H3,(H,21,22). The number of hydrogen-bond donors (Lipinski definition) is 1. The van der Waals surface area contributed by atoms with Gasteiger partial charge >= 0.3 is 0 Å². The van der Waals surface area contributed by atoms with Gasteiger partial charge in [0.25, 0.3) is 0 Å². The van der Waals surface area contributed by atoms with Crippen LogP contribution < -0.4 is 5.32 Å². The highest BCUT2D eigenvalue weighted by Gasteiger charge is 2.21. The number of hydrogen-bond acceptors (Lipinski definition) is 1. The predicted octanol–water partition coefficient (Wildman–Crippen LogP) is 3.98. The highest BCUT2D eigenvalue weighted by Crippen LogP contribution is 2.15. The largest absolute Gasteiger partial charge is 0.351 e. The van der Waals surface area contributed by atoms with E-state index in [-0.39, 0.29) is 11.4 Å². The maximum atomic E-state index is 12.3. The van der Waals surface area contributed by atoms with E-state index in [1.165, 1.54) is 16.7 Å². The van der Waals surface area contributed by atoms with Gasteiger partial charge in [0, 0.05) is 5.54 Å². The van der Waals surface area contributed by atoms with Crippen LogP contribution in [-0.2, 0) is 17.6 Å². The fourth-order valence-corrected chi connectivity index (χ4v) is 2.79. The summed E-state index contributed by atoms with van der Waals surface area (Å²) in [5, 5.41) is 3.16. The Hall–Kier alpha value is -2.09. The van der Waals surface area contributed by atoms with Crippen molar-refractivity contribution in [3.05, 3.63) is 70.8 Å². The molecule has 22 heavy (non-hydrogen) atoms. The molecule has 116 valence electrons. The average molecular weight is 295 g/mol. The first kappa shape index (κ1) is 16.3. The Kier molecular flexibility index (Phi) is 5.02. The molecule has 0 saturated carbocycles. The Bertz CT molecular complexity index is 644. The second-order valence-electron chi connectivity index (χ2n) is 6.70. The number of benzene rings is 2. The molecule has 0 aromatic heterocycles. The molecule has 0 unspecified atom stereocenters. The summed E-state index contributed by atoms with van der Waals surface area (Å²) in [6.45, 7) is 8.27. The maximum absolute atomic E-state index is 12.3. The number of nitrogens with one attached hydrogen (secondary N) is 1. The van der Waals surface area contributed by atoms with Crippen molar-refractivity contribution in [1.82, 2.24) is 5.32 Å². The monoisotopic (exact) mass is 295 g/mol. The molecule has 1 amide bonds. The van der Waals surface area contributed by atoms with Crippen molar-refractivity contribution >= 4 is 5.91 Å². The van der Waals surface area contributed by atoms with Crippen molar-refractivity contribution in [3.8, 4) is 0 Å². The molecule has 2 rings (SSSR count). The zero-order valence-electron chi connectivity index (χ0n) is 13.9. The average Bonchev–Trinajstić information content (AvgIpc) is 2.42. The second-order valence-corrected chi connectivity index (χ2v) is 6.70. The van der Waals surface area contributed by atoms with Crippen LogP contribution in [0.4, 0.5) is 0 Å². The minimum absolute atomic E-state index is 0.0767. The number of carbonyl (C=O) groups excluding carboxylic acids is 1. The summed E-state index contributed by atoms with van der Waals surface area (Å²) in [5.41, 5.74) is 4.48.